The van der Waals surface area contributed by atoms with Crippen molar-refractivity contribution in [3.8, 4) is 0 Å². The third kappa shape index (κ3) is 3.29. The first kappa shape index (κ1) is 13.9. The van der Waals surface area contributed by atoms with Gasteiger partial charge in [-0.1, -0.05) is 6.92 Å². The Bertz CT molecular complexity index is 442. The molecule has 5 nitrogen and oxygen atoms in total. The second-order valence-corrected chi connectivity index (χ2v) is 4.55. The van der Waals surface area contributed by atoms with Crippen LogP contribution < -0.4 is 0 Å². The first-order valence-electron chi connectivity index (χ1n) is 6.86. The molecule has 0 saturated carbocycles. The predicted molar refractivity (Wildman–Crippen MR) is 70.2 cm³/mol. The molecule has 2 heterocycles. The van der Waals surface area contributed by atoms with Crippen molar-refractivity contribution in [1.82, 2.24) is 9.97 Å². The standard InChI is InChI=1S/C14H20N2O3/c1-3-12-11(14(17)19-4-2)9-15-13(16-12)10-5-7-18-8-6-10/h9-10H,3-8H2,1-2H3. The van der Waals surface area contributed by atoms with E-state index in [2.05, 4.69) is 9.97 Å². The zero-order chi connectivity index (χ0) is 13.7. The molecular formula is C14H20N2O3. The Morgan fingerprint density at radius 1 is 1.42 bits per heavy atom. The number of aromatic nitrogens is 2. The number of esters is 1. The van der Waals surface area contributed by atoms with E-state index in [1.54, 1.807) is 13.1 Å². The maximum atomic E-state index is 11.8. The van der Waals surface area contributed by atoms with Crippen LogP contribution in [-0.4, -0.2) is 35.8 Å². The maximum absolute atomic E-state index is 11.8. The number of hydrogen-bond donors (Lipinski definition) is 0. The second kappa shape index (κ2) is 6.61. The first-order valence-corrected chi connectivity index (χ1v) is 6.86. The van der Waals surface area contributed by atoms with Gasteiger partial charge in [-0.05, 0) is 26.2 Å². The normalized spacial score (nSPS) is 16.3. The summed E-state index contributed by atoms with van der Waals surface area (Å²) in [5, 5.41) is 0. The molecule has 0 aliphatic carbocycles. The smallest absolute Gasteiger partial charge is 0.341 e. The van der Waals surface area contributed by atoms with Crippen LogP contribution in [0.15, 0.2) is 6.20 Å². The highest BCUT2D eigenvalue weighted by Gasteiger charge is 2.21. The van der Waals surface area contributed by atoms with Crippen molar-refractivity contribution < 1.29 is 14.3 Å². The molecule has 0 aromatic carbocycles. The molecule has 1 saturated heterocycles. The minimum Gasteiger partial charge on any atom is -0.462 e. The molecule has 19 heavy (non-hydrogen) atoms. The Balaban J connectivity index is 2.22. The monoisotopic (exact) mass is 264 g/mol. The summed E-state index contributed by atoms with van der Waals surface area (Å²) >= 11 is 0. The van der Waals surface area contributed by atoms with Crippen molar-refractivity contribution in [1.29, 1.82) is 0 Å². The van der Waals surface area contributed by atoms with Gasteiger partial charge in [-0.15, -0.1) is 0 Å². The second-order valence-electron chi connectivity index (χ2n) is 4.55. The summed E-state index contributed by atoms with van der Waals surface area (Å²) in [5.74, 6) is 0.835. The lowest BCUT2D eigenvalue weighted by Crippen LogP contribution is -2.18. The molecule has 0 unspecified atom stereocenters. The third-order valence-electron chi connectivity index (χ3n) is 3.30. The molecular weight excluding hydrogens is 244 g/mol. The fraction of sp³-hybridized carbons (Fsp3) is 0.643. The summed E-state index contributed by atoms with van der Waals surface area (Å²) < 4.78 is 10.4. The molecule has 0 spiro atoms. The van der Waals surface area contributed by atoms with Crippen molar-refractivity contribution >= 4 is 5.97 Å². The third-order valence-corrected chi connectivity index (χ3v) is 3.30. The maximum Gasteiger partial charge on any atom is 0.341 e. The molecule has 0 atom stereocenters. The van der Waals surface area contributed by atoms with E-state index in [0.29, 0.717) is 24.5 Å². The van der Waals surface area contributed by atoms with Gasteiger partial charge in [0.05, 0.1) is 17.9 Å². The molecule has 2 rings (SSSR count). The summed E-state index contributed by atoms with van der Waals surface area (Å²) in [6.07, 6.45) is 4.20. The van der Waals surface area contributed by atoms with Crippen LogP contribution in [0.5, 0.6) is 0 Å². The van der Waals surface area contributed by atoms with E-state index in [9.17, 15) is 4.79 Å². The summed E-state index contributed by atoms with van der Waals surface area (Å²) in [7, 11) is 0. The lowest BCUT2D eigenvalue weighted by atomic mass is 9.99. The molecule has 1 aliphatic rings. The van der Waals surface area contributed by atoms with Crippen LogP contribution in [0.2, 0.25) is 0 Å². The van der Waals surface area contributed by atoms with Gasteiger partial charge >= 0.3 is 5.97 Å². The van der Waals surface area contributed by atoms with Gasteiger partial charge in [0.2, 0.25) is 0 Å². The van der Waals surface area contributed by atoms with Crippen LogP contribution in [0.25, 0.3) is 0 Å². The van der Waals surface area contributed by atoms with Crippen LogP contribution in [0.3, 0.4) is 0 Å². The Morgan fingerprint density at radius 2 is 2.16 bits per heavy atom. The molecule has 1 aliphatic heterocycles. The number of hydrogen-bond acceptors (Lipinski definition) is 5. The van der Waals surface area contributed by atoms with Gasteiger partial charge in [0.1, 0.15) is 5.82 Å². The van der Waals surface area contributed by atoms with Gasteiger partial charge in [-0.2, -0.15) is 0 Å². The van der Waals surface area contributed by atoms with Crippen LogP contribution in [0.4, 0.5) is 0 Å². The molecule has 0 bridgehead atoms. The van der Waals surface area contributed by atoms with E-state index in [1.165, 1.54) is 0 Å². The largest absolute Gasteiger partial charge is 0.462 e. The average molecular weight is 264 g/mol. The van der Waals surface area contributed by atoms with Crippen LogP contribution in [0, 0.1) is 0 Å². The van der Waals surface area contributed by atoms with E-state index in [4.69, 9.17) is 9.47 Å². The fourth-order valence-corrected chi connectivity index (χ4v) is 2.23. The summed E-state index contributed by atoms with van der Waals surface area (Å²) in [6.45, 7) is 5.66. The van der Waals surface area contributed by atoms with Gasteiger partial charge in [0, 0.05) is 25.3 Å². The average Bonchev–Trinajstić information content (AvgIpc) is 2.47. The highest BCUT2D eigenvalue weighted by Crippen LogP contribution is 2.24. The Hall–Kier alpha value is -1.49. The summed E-state index contributed by atoms with van der Waals surface area (Å²) in [4.78, 5) is 20.7. The molecule has 1 fully saturated rings. The SMILES string of the molecule is CCOC(=O)c1cnc(C2CCOCC2)nc1CC. The molecule has 104 valence electrons. The Labute approximate surface area is 113 Å². The number of rotatable bonds is 4. The van der Waals surface area contributed by atoms with Gasteiger partial charge < -0.3 is 9.47 Å². The lowest BCUT2D eigenvalue weighted by molar-refractivity contribution is 0.0523. The van der Waals surface area contributed by atoms with Crippen LogP contribution in [-0.2, 0) is 15.9 Å². The molecule has 5 heteroatoms. The zero-order valence-corrected chi connectivity index (χ0v) is 11.5. The van der Waals surface area contributed by atoms with Gasteiger partial charge in [-0.25, -0.2) is 14.8 Å². The molecule has 1 aromatic rings. The van der Waals surface area contributed by atoms with E-state index in [0.717, 1.165) is 37.6 Å². The number of carbonyl (C=O) groups is 1. The quantitative estimate of drug-likeness (QED) is 0.779. The van der Waals surface area contributed by atoms with Crippen LogP contribution >= 0.6 is 0 Å². The van der Waals surface area contributed by atoms with Crippen LogP contribution in [0.1, 0.15) is 54.5 Å². The topological polar surface area (TPSA) is 61.3 Å². The highest BCUT2D eigenvalue weighted by atomic mass is 16.5. The van der Waals surface area contributed by atoms with Gasteiger partial charge in [0.15, 0.2) is 0 Å². The van der Waals surface area contributed by atoms with E-state index in [1.807, 2.05) is 6.92 Å². The number of carbonyl (C=O) groups excluding carboxylic acids is 1. The minimum absolute atomic E-state index is 0.335. The highest BCUT2D eigenvalue weighted by molar-refractivity contribution is 5.90. The van der Waals surface area contributed by atoms with E-state index >= 15 is 0 Å². The van der Waals surface area contributed by atoms with Crippen molar-refractivity contribution in [3.63, 3.8) is 0 Å². The lowest BCUT2D eigenvalue weighted by Gasteiger charge is -2.21. The molecule has 1 aromatic heterocycles. The fourth-order valence-electron chi connectivity index (χ4n) is 2.23. The number of ether oxygens (including phenoxy) is 2. The minimum atomic E-state index is -0.335. The van der Waals surface area contributed by atoms with Crippen molar-refractivity contribution in [3.05, 3.63) is 23.3 Å². The molecule has 0 radical (unpaired) electrons. The first-order chi connectivity index (χ1) is 9.26. The number of nitrogens with zero attached hydrogens (tertiary/aromatic N) is 2. The van der Waals surface area contributed by atoms with Gasteiger partial charge in [0.25, 0.3) is 0 Å². The van der Waals surface area contributed by atoms with Crippen molar-refractivity contribution in [2.45, 2.75) is 39.0 Å². The van der Waals surface area contributed by atoms with E-state index < -0.39 is 0 Å². The molecule has 0 amide bonds. The van der Waals surface area contributed by atoms with Crippen molar-refractivity contribution in [2.75, 3.05) is 19.8 Å². The van der Waals surface area contributed by atoms with Crippen molar-refractivity contribution in [2.24, 2.45) is 0 Å². The molecule has 0 N–H and O–H groups in total. The Morgan fingerprint density at radius 3 is 2.79 bits per heavy atom. The van der Waals surface area contributed by atoms with E-state index in [-0.39, 0.29) is 5.97 Å². The zero-order valence-electron chi connectivity index (χ0n) is 11.5. The van der Waals surface area contributed by atoms with Gasteiger partial charge in [-0.3, -0.25) is 0 Å². The predicted octanol–water partition coefficient (Wildman–Crippen LogP) is 2.11. The Kier molecular flexibility index (Phi) is 4.85. The number of aryl methyl sites for hydroxylation is 1. The summed E-state index contributed by atoms with van der Waals surface area (Å²) in [6, 6.07) is 0. The summed E-state index contributed by atoms with van der Waals surface area (Å²) in [5.41, 5.74) is 1.26.